The van der Waals surface area contributed by atoms with Crippen LogP contribution in [0.15, 0.2) is 36.5 Å². The molecule has 124 valence electrons. The third kappa shape index (κ3) is 5.41. The maximum absolute atomic E-state index is 11.7. The van der Waals surface area contributed by atoms with Gasteiger partial charge >= 0.3 is 0 Å². The van der Waals surface area contributed by atoms with E-state index in [1.165, 1.54) is 0 Å². The van der Waals surface area contributed by atoms with Crippen LogP contribution in [0, 0.1) is 0 Å². The smallest absolute Gasteiger partial charge is 0.220 e. The van der Waals surface area contributed by atoms with E-state index in [1.54, 1.807) is 11.8 Å². The summed E-state index contributed by atoms with van der Waals surface area (Å²) in [6, 6.07) is 9.53. The fourth-order valence-electron chi connectivity index (χ4n) is 2.09. The first-order valence-electron chi connectivity index (χ1n) is 7.76. The zero-order valence-corrected chi connectivity index (χ0v) is 13.6. The quantitative estimate of drug-likeness (QED) is 0.721. The van der Waals surface area contributed by atoms with E-state index >= 15 is 0 Å². The Morgan fingerprint density at radius 1 is 1.26 bits per heavy atom. The number of methoxy groups -OCH3 is 1. The molecule has 6 heteroatoms. The lowest BCUT2D eigenvalue weighted by molar-refractivity contribution is -0.121. The number of nitrogens with one attached hydrogen (secondary N) is 1. The van der Waals surface area contributed by atoms with Gasteiger partial charge in [-0.3, -0.25) is 4.79 Å². The predicted octanol–water partition coefficient (Wildman–Crippen LogP) is 2.31. The second kappa shape index (κ2) is 8.95. The summed E-state index contributed by atoms with van der Waals surface area (Å²) < 4.78 is 12.1. The number of carbonyl (C=O) groups is 1. The summed E-state index contributed by atoms with van der Waals surface area (Å²) in [5, 5.41) is 7.32. The second-order valence-corrected chi connectivity index (χ2v) is 5.03. The van der Waals surface area contributed by atoms with Crippen molar-refractivity contribution in [2.75, 3.05) is 20.3 Å². The van der Waals surface area contributed by atoms with E-state index in [0.29, 0.717) is 26.2 Å². The number of hydrogen-bond donors (Lipinski definition) is 1. The topological polar surface area (TPSA) is 65.4 Å². The van der Waals surface area contributed by atoms with E-state index < -0.39 is 0 Å². The predicted molar refractivity (Wildman–Crippen MR) is 87.7 cm³/mol. The lowest BCUT2D eigenvalue weighted by atomic mass is 10.3. The van der Waals surface area contributed by atoms with Crippen molar-refractivity contribution in [2.45, 2.75) is 26.3 Å². The number of ether oxygens (including phenoxy) is 2. The third-order valence-electron chi connectivity index (χ3n) is 3.34. The maximum atomic E-state index is 11.7. The zero-order chi connectivity index (χ0) is 16.5. The van der Waals surface area contributed by atoms with Crippen molar-refractivity contribution >= 4 is 5.91 Å². The summed E-state index contributed by atoms with van der Waals surface area (Å²) in [6.45, 7) is 3.68. The minimum atomic E-state index is 0.0173. The molecule has 2 rings (SSSR count). The van der Waals surface area contributed by atoms with E-state index in [1.807, 2.05) is 43.5 Å². The molecule has 0 saturated heterocycles. The number of carbonyl (C=O) groups excluding carboxylic acids is 1. The Bertz CT molecular complexity index is 608. The van der Waals surface area contributed by atoms with Crippen LogP contribution in [0.1, 0.15) is 25.5 Å². The molecule has 0 unspecified atom stereocenters. The molecule has 0 spiro atoms. The van der Waals surface area contributed by atoms with Gasteiger partial charge in [0.15, 0.2) is 0 Å². The SMILES string of the molecule is CCOCCCC(=O)NCc1ccn(-c2ccc(OC)cc2)n1. The minimum absolute atomic E-state index is 0.0173. The Kier molecular flexibility index (Phi) is 6.62. The molecule has 1 N–H and O–H groups in total. The molecule has 0 fully saturated rings. The van der Waals surface area contributed by atoms with Crippen molar-refractivity contribution in [3.63, 3.8) is 0 Å². The first kappa shape index (κ1) is 17.0. The zero-order valence-electron chi connectivity index (χ0n) is 13.6. The van der Waals surface area contributed by atoms with Gasteiger partial charge in [0.1, 0.15) is 5.75 Å². The highest BCUT2D eigenvalue weighted by Crippen LogP contribution is 2.14. The molecule has 1 heterocycles. The fourth-order valence-corrected chi connectivity index (χ4v) is 2.09. The van der Waals surface area contributed by atoms with Crippen LogP contribution in [0.25, 0.3) is 5.69 Å². The van der Waals surface area contributed by atoms with Gasteiger partial charge in [-0.05, 0) is 43.7 Å². The molecule has 0 atom stereocenters. The molecule has 2 aromatic rings. The van der Waals surface area contributed by atoms with Crippen LogP contribution in [-0.2, 0) is 16.1 Å². The van der Waals surface area contributed by atoms with E-state index in [4.69, 9.17) is 9.47 Å². The molecule has 23 heavy (non-hydrogen) atoms. The molecule has 0 saturated carbocycles. The Morgan fingerprint density at radius 2 is 2.04 bits per heavy atom. The van der Waals surface area contributed by atoms with Crippen LogP contribution in [0.4, 0.5) is 0 Å². The average molecular weight is 317 g/mol. The van der Waals surface area contributed by atoms with Gasteiger partial charge in [0.05, 0.1) is 25.0 Å². The van der Waals surface area contributed by atoms with E-state index in [9.17, 15) is 4.79 Å². The second-order valence-electron chi connectivity index (χ2n) is 5.03. The Morgan fingerprint density at radius 3 is 2.74 bits per heavy atom. The normalized spacial score (nSPS) is 10.5. The highest BCUT2D eigenvalue weighted by molar-refractivity contribution is 5.75. The van der Waals surface area contributed by atoms with Crippen molar-refractivity contribution in [2.24, 2.45) is 0 Å². The molecule has 0 bridgehead atoms. The summed E-state index contributed by atoms with van der Waals surface area (Å²) in [5.41, 5.74) is 1.76. The van der Waals surface area contributed by atoms with Gasteiger partial charge in [0.2, 0.25) is 5.91 Å². The van der Waals surface area contributed by atoms with Crippen LogP contribution in [-0.4, -0.2) is 36.0 Å². The number of rotatable bonds is 9. The highest BCUT2D eigenvalue weighted by Gasteiger charge is 2.05. The molecule has 6 nitrogen and oxygen atoms in total. The van der Waals surface area contributed by atoms with Gasteiger partial charge in [0, 0.05) is 25.8 Å². The van der Waals surface area contributed by atoms with E-state index in [0.717, 1.165) is 23.6 Å². The summed E-state index contributed by atoms with van der Waals surface area (Å²) >= 11 is 0. The van der Waals surface area contributed by atoms with Crippen molar-refractivity contribution in [1.29, 1.82) is 0 Å². The van der Waals surface area contributed by atoms with Crippen molar-refractivity contribution in [1.82, 2.24) is 15.1 Å². The lowest BCUT2D eigenvalue weighted by Gasteiger charge is -2.04. The van der Waals surface area contributed by atoms with Crippen molar-refractivity contribution in [3.05, 3.63) is 42.2 Å². The molecule has 0 radical (unpaired) electrons. The monoisotopic (exact) mass is 317 g/mol. The number of amides is 1. The van der Waals surface area contributed by atoms with Crippen LogP contribution in [0.5, 0.6) is 5.75 Å². The van der Waals surface area contributed by atoms with Crippen LogP contribution >= 0.6 is 0 Å². The molecular weight excluding hydrogens is 294 g/mol. The van der Waals surface area contributed by atoms with Gasteiger partial charge in [-0.1, -0.05) is 0 Å². The molecule has 1 aromatic carbocycles. The van der Waals surface area contributed by atoms with E-state index in [2.05, 4.69) is 10.4 Å². The fraction of sp³-hybridized carbons (Fsp3) is 0.412. The first-order valence-corrected chi connectivity index (χ1v) is 7.76. The van der Waals surface area contributed by atoms with Crippen molar-refractivity contribution < 1.29 is 14.3 Å². The molecule has 1 amide bonds. The first-order chi connectivity index (χ1) is 11.2. The Labute approximate surface area is 136 Å². The number of hydrogen-bond acceptors (Lipinski definition) is 4. The molecule has 1 aromatic heterocycles. The van der Waals surface area contributed by atoms with Gasteiger partial charge in [-0.15, -0.1) is 0 Å². The average Bonchev–Trinajstić information content (AvgIpc) is 3.06. The summed E-state index contributed by atoms with van der Waals surface area (Å²) in [4.78, 5) is 11.7. The van der Waals surface area contributed by atoms with E-state index in [-0.39, 0.29) is 5.91 Å². The molecule has 0 aliphatic heterocycles. The third-order valence-corrected chi connectivity index (χ3v) is 3.34. The van der Waals surface area contributed by atoms with Gasteiger partial charge in [0.25, 0.3) is 0 Å². The Hall–Kier alpha value is -2.34. The minimum Gasteiger partial charge on any atom is -0.497 e. The number of aromatic nitrogens is 2. The maximum Gasteiger partial charge on any atom is 0.220 e. The van der Waals surface area contributed by atoms with Gasteiger partial charge in [-0.25, -0.2) is 4.68 Å². The molecular formula is C17H23N3O3. The van der Waals surface area contributed by atoms with Crippen LogP contribution in [0.2, 0.25) is 0 Å². The molecule has 0 aliphatic rings. The number of benzene rings is 1. The van der Waals surface area contributed by atoms with Crippen molar-refractivity contribution in [3.8, 4) is 11.4 Å². The number of nitrogens with zero attached hydrogens (tertiary/aromatic N) is 2. The standard InChI is InChI=1S/C17H23N3O3/c1-3-23-12-4-5-17(21)18-13-14-10-11-20(19-14)15-6-8-16(22-2)9-7-15/h6-11H,3-5,12-13H2,1-2H3,(H,18,21). The summed E-state index contributed by atoms with van der Waals surface area (Å²) in [5.74, 6) is 0.823. The van der Waals surface area contributed by atoms with Gasteiger partial charge in [-0.2, -0.15) is 5.10 Å². The lowest BCUT2D eigenvalue weighted by Crippen LogP contribution is -2.23. The largest absolute Gasteiger partial charge is 0.497 e. The summed E-state index contributed by atoms with van der Waals surface area (Å²) in [7, 11) is 1.64. The highest BCUT2D eigenvalue weighted by atomic mass is 16.5. The van der Waals surface area contributed by atoms with Crippen LogP contribution < -0.4 is 10.1 Å². The molecule has 0 aliphatic carbocycles. The summed E-state index contributed by atoms with van der Waals surface area (Å²) in [6.07, 6.45) is 3.08. The Balaban J connectivity index is 1.81. The van der Waals surface area contributed by atoms with Gasteiger partial charge < -0.3 is 14.8 Å². The van der Waals surface area contributed by atoms with Crippen LogP contribution in [0.3, 0.4) is 0 Å².